The molecule has 3 rings (SSSR count). The minimum Gasteiger partial charge on any atom is -0.744 e. The van der Waals surface area contributed by atoms with Crippen LogP contribution in [0.4, 0.5) is 22.7 Å². The summed E-state index contributed by atoms with van der Waals surface area (Å²) in [6.45, 7) is 0. The number of hydrogen-bond donors (Lipinski definition) is 2. The summed E-state index contributed by atoms with van der Waals surface area (Å²) >= 11 is 0. The normalized spacial score (nSPS) is 11.6. The molecule has 3 aromatic rings. The van der Waals surface area contributed by atoms with E-state index in [-0.39, 0.29) is 51.2 Å². The van der Waals surface area contributed by atoms with Gasteiger partial charge in [-0.2, -0.15) is 5.11 Å². The number of azo groups is 1. The Kier molecular flexibility index (Phi) is 5.81. The molecule has 122 valence electrons. The Balaban J connectivity index is 0.00000225. The van der Waals surface area contributed by atoms with Crippen molar-refractivity contribution in [1.29, 1.82) is 0 Å². The first kappa shape index (κ1) is 19.4. The van der Waals surface area contributed by atoms with Crippen LogP contribution in [0.15, 0.2) is 69.7 Å². The third-order valence-corrected chi connectivity index (χ3v) is 4.34. The molecule has 0 saturated heterocycles. The number of nitrogens with zero attached hydrogens (tertiary/aromatic N) is 2. The molecule has 0 atom stereocenters. The van der Waals surface area contributed by atoms with Crippen molar-refractivity contribution in [3.63, 3.8) is 0 Å². The average Bonchev–Trinajstić information content (AvgIpc) is 2.55. The molecule has 0 bridgehead atoms. The third kappa shape index (κ3) is 4.17. The summed E-state index contributed by atoms with van der Waals surface area (Å²) in [7, 11) is -4.68. The van der Waals surface area contributed by atoms with Gasteiger partial charge in [0.1, 0.15) is 15.8 Å². The van der Waals surface area contributed by atoms with E-state index in [1.807, 2.05) is 0 Å². The minimum absolute atomic E-state index is 0. The number of rotatable bonds is 3. The molecule has 0 aliphatic rings. The molecular weight excluding hydrogens is 351 g/mol. The summed E-state index contributed by atoms with van der Waals surface area (Å²) in [5.41, 5.74) is 13.1. The van der Waals surface area contributed by atoms with E-state index < -0.39 is 10.1 Å². The van der Waals surface area contributed by atoms with E-state index in [1.54, 1.807) is 42.5 Å². The van der Waals surface area contributed by atoms with Gasteiger partial charge in [0.05, 0.1) is 16.3 Å². The van der Waals surface area contributed by atoms with E-state index >= 15 is 0 Å². The van der Waals surface area contributed by atoms with Crippen LogP contribution in [0.25, 0.3) is 10.8 Å². The maximum atomic E-state index is 11.5. The fourth-order valence-electron chi connectivity index (χ4n) is 2.29. The van der Waals surface area contributed by atoms with Crippen LogP contribution in [0.3, 0.4) is 0 Å². The van der Waals surface area contributed by atoms with Crippen molar-refractivity contribution in [3.8, 4) is 0 Å². The molecule has 25 heavy (non-hydrogen) atoms. The Bertz CT molecular complexity index is 1050. The summed E-state index contributed by atoms with van der Waals surface area (Å²) in [6, 6.07) is 14.2. The minimum atomic E-state index is -4.68. The number of nitrogens with two attached hydrogens (primary N) is 2. The second kappa shape index (κ2) is 7.51. The van der Waals surface area contributed by atoms with Gasteiger partial charge < -0.3 is 16.0 Å². The molecule has 9 heteroatoms. The van der Waals surface area contributed by atoms with E-state index in [2.05, 4.69) is 10.2 Å². The van der Waals surface area contributed by atoms with Crippen molar-refractivity contribution in [2.24, 2.45) is 10.2 Å². The molecule has 0 aromatic heterocycles. The monoisotopic (exact) mass is 364 g/mol. The maximum Gasteiger partial charge on any atom is 1.00 e. The van der Waals surface area contributed by atoms with E-state index in [4.69, 9.17) is 11.5 Å². The Morgan fingerprint density at radius 1 is 0.880 bits per heavy atom. The molecular formula is C16H13N4NaO3S. The van der Waals surface area contributed by atoms with E-state index in [9.17, 15) is 13.0 Å². The van der Waals surface area contributed by atoms with Crippen molar-refractivity contribution < 1.29 is 42.5 Å². The van der Waals surface area contributed by atoms with Gasteiger partial charge in [-0.25, -0.2) is 8.42 Å². The van der Waals surface area contributed by atoms with E-state index in [0.29, 0.717) is 16.8 Å². The topological polar surface area (TPSA) is 134 Å². The molecule has 0 radical (unpaired) electrons. The van der Waals surface area contributed by atoms with E-state index in [1.165, 1.54) is 6.07 Å². The molecule has 4 N–H and O–H groups in total. The summed E-state index contributed by atoms with van der Waals surface area (Å²) < 4.78 is 34.6. The standard InChI is InChI=1S/C16H14N4O3S.Na/c17-10-5-7-11(8-6-10)19-20-14-9-15(24(21,22)23)12-3-1-2-4-13(12)16(14)18;/h1-9H,17-18H2,(H,21,22,23);/q;+1/p-1. The summed E-state index contributed by atoms with van der Waals surface area (Å²) in [4.78, 5) is -0.376. The van der Waals surface area contributed by atoms with Gasteiger partial charge in [0.15, 0.2) is 0 Å². The van der Waals surface area contributed by atoms with Gasteiger partial charge in [0, 0.05) is 16.5 Å². The second-order valence-electron chi connectivity index (χ2n) is 5.10. The molecule has 0 unspecified atom stereocenters. The van der Waals surface area contributed by atoms with Crippen molar-refractivity contribution in [1.82, 2.24) is 0 Å². The third-order valence-electron chi connectivity index (χ3n) is 3.46. The fourth-order valence-corrected chi connectivity index (χ4v) is 3.00. The predicted molar refractivity (Wildman–Crippen MR) is 91.4 cm³/mol. The molecule has 0 fully saturated rings. The molecule has 0 aliphatic heterocycles. The Morgan fingerprint density at radius 3 is 2.08 bits per heavy atom. The van der Waals surface area contributed by atoms with Crippen molar-refractivity contribution in [2.75, 3.05) is 11.5 Å². The van der Waals surface area contributed by atoms with Crippen LogP contribution in [0.2, 0.25) is 0 Å². The zero-order valence-electron chi connectivity index (χ0n) is 13.4. The molecule has 0 spiro atoms. The van der Waals surface area contributed by atoms with Gasteiger partial charge in [-0.1, -0.05) is 24.3 Å². The van der Waals surface area contributed by atoms with E-state index in [0.717, 1.165) is 6.07 Å². The predicted octanol–water partition coefficient (Wildman–Crippen LogP) is 0.328. The summed E-state index contributed by atoms with van der Waals surface area (Å²) in [5, 5.41) is 8.68. The van der Waals surface area contributed by atoms with Gasteiger partial charge in [-0.15, -0.1) is 5.11 Å². The van der Waals surface area contributed by atoms with Gasteiger partial charge >= 0.3 is 29.6 Å². The first-order valence-electron chi connectivity index (χ1n) is 6.90. The maximum absolute atomic E-state index is 11.5. The van der Waals surface area contributed by atoms with Crippen LogP contribution in [0.1, 0.15) is 0 Å². The molecule has 0 amide bonds. The summed E-state index contributed by atoms with van der Waals surface area (Å²) in [5.74, 6) is 0. The van der Waals surface area contributed by atoms with Crippen LogP contribution in [0, 0.1) is 0 Å². The number of anilines is 2. The van der Waals surface area contributed by atoms with Gasteiger partial charge in [0.2, 0.25) is 0 Å². The number of hydrogen-bond acceptors (Lipinski definition) is 7. The van der Waals surface area contributed by atoms with Crippen molar-refractivity contribution in [2.45, 2.75) is 4.90 Å². The fraction of sp³-hybridized carbons (Fsp3) is 0. The molecule has 0 heterocycles. The number of nitrogen functional groups attached to an aromatic ring is 2. The largest absolute Gasteiger partial charge is 1.00 e. The zero-order chi connectivity index (χ0) is 17.3. The van der Waals surface area contributed by atoms with Crippen LogP contribution >= 0.6 is 0 Å². The quantitative estimate of drug-likeness (QED) is 0.299. The smallest absolute Gasteiger partial charge is 0.744 e. The first-order chi connectivity index (χ1) is 11.4. The second-order valence-corrected chi connectivity index (χ2v) is 6.45. The van der Waals surface area contributed by atoms with Crippen molar-refractivity contribution >= 4 is 43.6 Å². The van der Waals surface area contributed by atoms with Crippen LogP contribution in [-0.2, 0) is 10.1 Å². The van der Waals surface area contributed by atoms with Gasteiger partial charge in [-0.05, 0) is 30.3 Å². The molecule has 7 nitrogen and oxygen atoms in total. The number of fused-ring (bicyclic) bond motifs is 1. The molecule has 0 aliphatic carbocycles. The molecule has 3 aromatic carbocycles. The Hall–Kier alpha value is -1.97. The van der Waals surface area contributed by atoms with Crippen LogP contribution in [-0.4, -0.2) is 13.0 Å². The van der Waals surface area contributed by atoms with Crippen LogP contribution < -0.4 is 41.0 Å². The zero-order valence-corrected chi connectivity index (χ0v) is 16.2. The van der Waals surface area contributed by atoms with Gasteiger partial charge in [-0.3, -0.25) is 0 Å². The van der Waals surface area contributed by atoms with Gasteiger partial charge in [0.25, 0.3) is 0 Å². The summed E-state index contributed by atoms with van der Waals surface area (Å²) in [6.07, 6.45) is 0. The number of benzene rings is 3. The van der Waals surface area contributed by atoms with Crippen LogP contribution in [0.5, 0.6) is 0 Å². The SMILES string of the molecule is Nc1ccc(N=Nc2cc(S(=O)(=O)[O-])c3ccccc3c2N)cc1.[Na+]. The Morgan fingerprint density at radius 2 is 1.48 bits per heavy atom. The first-order valence-corrected chi connectivity index (χ1v) is 8.31. The molecule has 0 saturated carbocycles. The average molecular weight is 364 g/mol. The van der Waals surface area contributed by atoms with Crippen molar-refractivity contribution in [3.05, 3.63) is 54.6 Å². The Labute approximate surface area is 166 Å².